The van der Waals surface area contributed by atoms with Crippen molar-refractivity contribution in [3.05, 3.63) is 70.5 Å². The minimum atomic E-state index is -0.489. The van der Waals surface area contributed by atoms with Crippen LogP contribution in [0.3, 0.4) is 0 Å². The van der Waals surface area contributed by atoms with Crippen LogP contribution in [0.1, 0.15) is 29.2 Å². The maximum Gasteiger partial charge on any atom is 0.191 e. The predicted octanol–water partition coefficient (Wildman–Crippen LogP) is 3.23. The van der Waals surface area contributed by atoms with Crippen LogP contribution in [0.2, 0.25) is 0 Å². The van der Waals surface area contributed by atoms with E-state index in [1.165, 1.54) is 17.2 Å². The lowest BCUT2D eigenvalue weighted by Crippen LogP contribution is -2.45. The van der Waals surface area contributed by atoms with Gasteiger partial charge in [-0.3, -0.25) is 4.90 Å². The number of aryl methyl sites for hydroxylation is 1. The molecule has 1 aliphatic heterocycles. The van der Waals surface area contributed by atoms with E-state index in [1.54, 1.807) is 13.0 Å². The molecule has 1 atom stereocenters. The van der Waals surface area contributed by atoms with Gasteiger partial charge in [-0.25, -0.2) is 9.38 Å². The van der Waals surface area contributed by atoms with E-state index in [2.05, 4.69) is 44.8 Å². The number of rotatable bonds is 7. The number of aliphatic hydroxyl groups is 1. The Hall–Kier alpha value is -1.71. The number of aliphatic hydroxyl groups excluding tert-OH is 1. The van der Waals surface area contributed by atoms with Crippen molar-refractivity contribution in [1.82, 2.24) is 15.5 Å². The fourth-order valence-corrected chi connectivity index (χ4v) is 3.60. The molecule has 0 spiro atoms. The molecule has 30 heavy (non-hydrogen) atoms. The van der Waals surface area contributed by atoms with Gasteiger partial charge in [0.15, 0.2) is 5.96 Å². The number of β-amino-alcohol motifs (C(OH)–C–C–N with tert-alkyl or cyclic N) is 1. The number of hydrogen-bond donors (Lipinski definition) is 3. The molecule has 164 valence electrons. The molecule has 5 nitrogen and oxygen atoms in total. The molecule has 0 aliphatic carbocycles. The minimum absolute atomic E-state index is 0. The average molecular weight is 526 g/mol. The van der Waals surface area contributed by atoms with Gasteiger partial charge < -0.3 is 15.7 Å². The minimum Gasteiger partial charge on any atom is -0.390 e. The molecule has 0 amide bonds. The Labute approximate surface area is 195 Å². The molecule has 0 fully saturated rings. The van der Waals surface area contributed by atoms with Crippen LogP contribution in [0.15, 0.2) is 47.5 Å². The van der Waals surface area contributed by atoms with E-state index in [1.807, 2.05) is 13.0 Å². The fourth-order valence-electron chi connectivity index (χ4n) is 3.60. The van der Waals surface area contributed by atoms with Crippen LogP contribution in [-0.4, -0.2) is 48.2 Å². The molecule has 3 N–H and O–H groups in total. The van der Waals surface area contributed by atoms with Crippen molar-refractivity contribution in [3.8, 4) is 0 Å². The maximum atomic E-state index is 13.4. The molecular weight excluding hydrogens is 494 g/mol. The van der Waals surface area contributed by atoms with Gasteiger partial charge in [-0.05, 0) is 48.6 Å². The molecule has 3 rings (SSSR count). The Morgan fingerprint density at radius 2 is 1.97 bits per heavy atom. The van der Waals surface area contributed by atoms with Crippen molar-refractivity contribution >= 4 is 29.9 Å². The highest BCUT2D eigenvalue weighted by molar-refractivity contribution is 14.0. The molecule has 0 bridgehead atoms. The summed E-state index contributed by atoms with van der Waals surface area (Å²) in [4.78, 5) is 6.84. The number of benzene rings is 2. The van der Waals surface area contributed by atoms with E-state index >= 15 is 0 Å². The number of nitrogens with zero attached hydrogens (tertiary/aromatic N) is 2. The molecule has 2 aromatic carbocycles. The van der Waals surface area contributed by atoms with E-state index in [-0.39, 0.29) is 29.8 Å². The van der Waals surface area contributed by atoms with Crippen molar-refractivity contribution in [3.63, 3.8) is 0 Å². The summed E-state index contributed by atoms with van der Waals surface area (Å²) in [6.07, 6.45) is 0.537. The van der Waals surface area contributed by atoms with Crippen LogP contribution in [0.5, 0.6) is 0 Å². The van der Waals surface area contributed by atoms with E-state index in [4.69, 9.17) is 0 Å². The smallest absolute Gasteiger partial charge is 0.191 e. The number of fused-ring (bicyclic) bond motifs is 1. The van der Waals surface area contributed by atoms with Gasteiger partial charge in [0.1, 0.15) is 5.82 Å². The van der Waals surface area contributed by atoms with Crippen LogP contribution < -0.4 is 10.6 Å². The van der Waals surface area contributed by atoms with Crippen LogP contribution in [-0.2, 0) is 19.5 Å². The highest BCUT2D eigenvalue weighted by Crippen LogP contribution is 2.18. The standard InChI is InChI=1S/C23H31FN4O.HI/c1-3-25-23(26-13-18-8-9-22(24)17(2)12-18)27-14-21(29)16-28-11-10-19-6-4-5-7-20(19)15-28;/h4-9,12,21,29H,3,10-11,13-16H2,1-2H3,(H2,25,26,27);1H. The number of nitrogens with one attached hydrogen (secondary N) is 2. The third kappa shape index (κ3) is 7.21. The zero-order valence-corrected chi connectivity index (χ0v) is 20.0. The summed E-state index contributed by atoms with van der Waals surface area (Å²) < 4.78 is 13.4. The van der Waals surface area contributed by atoms with Crippen molar-refractivity contribution in [2.75, 3.05) is 26.2 Å². The van der Waals surface area contributed by atoms with Gasteiger partial charge in [0.25, 0.3) is 0 Å². The predicted molar refractivity (Wildman–Crippen MR) is 131 cm³/mol. The first kappa shape index (κ1) is 24.6. The number of halogens is 2. The first-order valence-corrected chi connectivity index (χ1v) is 10.3. The lowest BCUT2D eigenvalue weighted by atomic mass is 10.00. The van der Waals surface area contributed by atoms with E-state index < -0.39 is 6.10 Å². The van der Waals surface area contributed by atoms with Crippen molar-refractivity contribution in [2.24, 2.45) is 4.99 Å². The van der Waals surface area contributed by atoms with E-state index in [0.717, 1.165) is 31.6 Å². The Morgan fingerprint density at radius 3 is 2.70 bits per heavy atom. The van der Waals surface area contributed by atoms with Gasteiger partial charge in [-0.15, -0.1) is 24.0 Å². The van der Waals surface area contributed by atoms with Crippen LogP contribution in [0.4, 0.5) is 4.39 Å². The average Bonchev–Trinajstić information content (AvgIpc) is 2.72. The second-order valence-corrected chi connectivity index (χ2v) is 7.57. The Morgan fingerprint density at radius 1 is 1.20 bits per heavy atom. The number of aliphatic imine (C=N–C) groups is 1. The number of guanidine groups is 1. The maximum absolute atomic E-state index is 13.4. The Kier molecular flexibility index (Phi) is 10.0. The zero-order chi connectivity index (χ0) is 20.6. The second-order valence-electron chi connectivity index (χ2n) is 7.57. The third-order valence-electron chi connectivity index (χ3n) is 5.17. The summed E-state index contributed by atoms with van der Waals surface area (Å²) in [5.74, 6) is 0.448. The van der Waals surface area contributed by atoms with Crippen molar-refractivity contribution in [2.45, 2.75) is 39.5 Å². The SMILES string of the molecule is CCNC(=NCc1ccc(F)c(C)c1)NCC(O)CN1CCc2ccccc2C1.I. The highest BCUT2D eigenvalue weighted by atomic mass is 127. The summed E-state index contributed by atoms with van der Waals surface area (Å²) in [7, 11) is 0. The van der Waals surface area contributed by atoms with E-state index in [0.29, 0.717) is 31.2 Å². The van der Waals surface area contributed by atoms with E-state index in [9.17, 15) is 9.50 Å². The van der Waals surface area contributed by atoms with Crippen LogP contribution in [0, 0.1) is 12.7 Å². The Bertz CT molecular complexity index is 846. The molecule has 0 radical (unpaired) electrons. The lowest BCUT2D eigenvalue weighted by Gasteiger charge is -2.30. The van der Waals surface area contributed by atoms with Crippen LogP contribution >= 0.6 is 24.0 Å². The summed E-state index contributed by atoms with van der Waals surface area (Å²) in [5.41, 5.74) is 4.33. The molecular formula is C23H32FIN4O. The molecule has 0 aromatic heterocycles. The van der Waals surface area contributed by atoms with Gasteiger partial charge in [0.2, 0.25) is 0 Å². The van der Waals surface area contributed by atoms with Crippen molar-refractivity contribution in [1.29, 1.82) is 0 Å². The van der Waals surface area contributed by atoms with Gasteiger partial charge in [-0.2, -0.15) is 0 Å². The molecule has 1 aliphatic rings. The van der Waals surface area contributed by atoms with Gasteiger partial charge >= 0.3 is 0 Å². The van der Waals surface area contributed by atoms with Crippen molar-refractivity contribution < 1.29 is 9.50 Å². The topological polar surface area (TPSA) is 59.9 Å². The summed E-state index contributed by atoms with van der Waals surface area (Å²) in [6.45, 7) is 7.83. The zero-order valence-electron chi connectivity index (χ0n) is 17.7. The summed E-state index contributed by atoms with van der Waals surface area (Å²) in [5, 5.41) is 16.9. The molecule has 2 aromatic rings. The lowest BCUT2D eigenvalue weighted by molar-refractivity contribution is 0.108. The Balaban J connectivity index is 0.00000320. The molecule has 0 saturated heterocycles. The molecule has 0 saturated carbocycles. The quantitative estimate of drug-likeness (QED) is 0.295. The normalized spacial score (nSPS) is 15.1. The van der Waals surface area contributed by atoms with Gasteiger partial charge in [-0.1, -0.05) is 36.4 Å². The third-order valence-corrected chi connectivity index (χ3v) is 5.17. The molecule has 1 heterocycles. The molecule has 1 unspecified atom stereocenters. The van der Waals surface area contributed by atoms with Gasteiger partial charge in [0.05, 0.1) is 12.6 Å². The fraction of sp³-hybridized carbons (Fsp3) is 0.435. The first-order chi connectivity index (χ1) is 14.0. The monoisotopic (exact) mass is 526 g/mol. The number of hydrogen-bond acceptors (Lipinski definition) is 3. The summed E-state index contributed by atoms with van der Waals surface area (Å²) in [6, 6.07) is 13.5. The molecule has 7 heteroatoms. The largest absolute Gasteiger partial charge is 0.390 e. The second kappa shape index (κ2) is 12.2. The first-order valence-electron chi connectivity index (χ1n) is 10.3. The highest BCUT2D eigenvalue weighted by Gasteiger charge is 2.18. The van der Waals surface area contributed by atoms with Crippen LogP contribution in [0.25, 0.3) is 0 Å². The summed E-state index contributed by atoms with van der Waals surface area (Å²) >= 11 is 0. The van der Waals surface area contributed by atoms with Gasteiger partial charge in [0, 0.05) is 32.7 Å².